The molecule has 0 aliphatic carbocycles. The molecule has 0 radical (unpaired) electrons. The highest BCUT2D eigenvalue weighted by molar-refractivity contribution is 5.52. The number of aliphatic hydroxyl groups excluding tert-OH is 1. The van der Waals surface area contributed by atoms with Crippen molar-refractivity contribution in [3.63, 3.8) is 0 Å². The zero-order valence-electron chi connectivity index (χ0n) is 13.7. The van der Waals surface area contributed by atoms with E-state index in [0.29, 0.717) is 19.0 Å². The molecule has 0 bridgehead atoms. The van der Waals surface area contributed by atoms with E-state index in [0.717, 1.165) is 45.3 Å². The van der Waals surface area contributed by atoms with Gasteiger partial charge in [0.1, 0.15) is 0 Å². The van der Waals surface area contributed by atoms with Gasteiger partial charge in [0.25, 0.3) is 0 Å². The average molecular weight is 343 g/mol. The van der Waals surface area contributed by atoms with Crippen LogP contribution in [-0.2, 0) is 6.18 Å². The van der Waals surface area contributed by atoms with Crippen LogP contribution >= 0.6 is 0 Å². The van der Waals surface area contributed by atoms with Gasteiger partial charge < -0.3 is 14.9 Å². The van der Waals surface area contributed by atoms with Gasteiger partial charge in [-0.1, -0.05) is 0 Å². The Morgan fingerprint density at radius 1 is 1.17 bits per heavy atom. The molecule has 3 rings (SSSR count). The molecule has 1 aromatic heterocycles. The summed E-state index contributed by atoms with van der Waals surface area (Å²) in [4.78, 5) is 7.73. The molecule has 134 valence electrons. The summed E-state index contributed by atoms with van der Waals surface area (Å²) in [7, 11) is 0. The minimum Gasteiger partial charge on any atom is -0.393 e. The lowest BCUT2D eigenvalue weighted by Crippen LogP contribution is -2.44. The molecule has 0 saturated carbocycles. The first-order valence-electron chi connectivity index (χ1n) is 8.61. The van der Waals surface area contributed by atoms with Crippen LogP contribution in [-0.4, -0.2) is 53.8 Å². The number of aliphatic hydroxyl groups is 1. The monoisotopic (exact) mass is 343 g/mol. The van der Waals surface area contributed by atoms with E-state index in [1.165, 1.54) is 12.3 Å². The average Bonchev–Trinajstić information content (AvgIpc) is 2.56. The summed E-state index contributed by atoms with van der Waals surface area (Å²) in [6.07, 6.45) is 0.0899. The van der Waals surface area contributed by atoms with Crippen LogP contribution in [0.25, 0.3) is 0 Å². The molecule has 4 nitrogen and oxygen atoms in total. The molecule has 0 amide bonds. The Labute approximate surface area is 140 Å². The number of rotatable bonds is 3. The topological polar surface area (TPSA) is 39.6 Å². The van der Waals surface area contributed by atoms with Gasteiger partial charge in [0.05, 0.1) is 11.8 Å². The zero-order valence-corrected chi connectivity index (χ0v) is 13.7. The van der Waals surface area contributed by atoms with E-state index in [-0.39, 0.29) is 11.8 Å². The molecule has 3 heterocycles. The van der Waals surface area contributed by atoms with E-state index in [1.807, 2.05) is 4.90 Å². The molecule has 0 aromatic carbocycles. The molecule has 1 unspecified atom stereocenters. The summed E-state index contributed by atoms with van der Waals surface area (Å²) < 4.78 is 39.6. The molecule has 2 fully saturated rings. The highest BCUT2D eigenvalue weighted by Gasteiger charge is 2.37. The standard InChI is InChI=1S/C17H24F3N3O/c18-17(19,20)16-15(4-1-7-21-16)23-8-2-3-13(12-23)11-22-9-5-14(24)6-10-22/h1,4,7,13-14,24H,2-3,5-6,8-12H2. The number of hydrogen-bond donors (Lipinski definition) is 1. The summed E-state index contributed by atoms with van der Waals surface area (Å²) in [5.74, 6) is 0.357. The van der Waals surface area contributed by atoms with Gasteiger partial charge in [-0.2, -0.15) is 13.2 Å². The van der Waals surface area contributed by atoms with Gasteiger partial charge in [0, 0.05) is 38.9 Å². The zero-order chi connectivity index (χ0) is 17.2. The molecular weight excluding hydrogens is 319 g/mol. The lowest BCUT2D eigenvalue weighted by Gasteiger charge is -2.39. The fourth-order valence-corrected chi connectivity index (χ4v) is 3.77. The van der Waals surface area contributed by atoms with Crippen molar-refractivity contribution in [1.82, 2.24) is 9.88 Å². The second kappa shape index (κ2) is 7.27. The van der Waals surface area contributed by atoms with Crippen molar-refractivity contribution in [2.24, 2.45) is 5.92 Å². The molecular formula is C17H24F3N3O. The summed E-state index contributed by atoms with van der Waals surface area (Å²) in [6.45, 7) is 3.92. The van der Waals surface area contributed by atoms with Crippen LogP contribution in [0.4, 0.5) is 18.9 Å². The molecule has 7 heteroatoms. The van der Waals surface area contributed by atoms with E-state index >= 15 is 0 Å². The third-order valence-corrected chi connectivity index (χ3v) is 4.99. The quantitative estimate of drug-likeness (QED) is 0.916. The normalized spacial score (nSPS) is 24.3. The van der Waals surface area contributed by atoms with Crippen LogP contribution in [0.5, 0.6) is 0 Å². The first-order valence-corrected chi connectivity index (χ1v) is 8.61. The first-order chi connectivity index (χ1) is 11.4. The maximum Gasteiger partial charge on any atom is 0.435 e. The highest BCUT2D eigenvalue weighted by Crippen LogP contribution is 2.36. The second-order valence-electron chi connectivity index (χ2n) is 6.85. The molecule has 0 spiro atoms. The van der Waals surface area contributed by atoms with Crippen molar-refractivity contribution in [2.75, 3.05) is 37.6 Å². The molecule has 1 atom stereocenters. The van der Waals surface area contributed by atoms with Gasteiger partial charge >= 0.3 is 6.18 Å². The van der Waals surface area contributed by atoms with Gasteiger partial charge in [-0.25, -0.2) is 4.98 Å². The molecule has 24 heavy (non-hydrogen) atoms. The minimum atomic E-state index is -4.42. The number of piperidine rings is 2. The van der Waals surface area contributed by atoms with Crippen molar-refractivity contribution in [3.05, 3.63) is 24.0 Å². The second-order valence-corrected chi connectivity index (χ2v) is 6.85. The van der Waals surface area contributed by atoms with E-state index in [1.54, 1.807) is 6.07 Å². The molecule has 2 saturated heterocycles. The third-order valence-electron chi connectivity index (χ3n) is 4.99. The van der Waals surface area contributed by atoms with Gasteiger partial charge in [-0.15, -0.1) is 0 Å². The maximum atomic E-state index is 13.2. The fraction of sp³-hybridized carbons (Fsp3) is 0.706. The predicted molar refractivity (Wildman–Crippen MR) is 85.9 cm³/mol. The summed E-state index contributed by atoms with van der Waals surface area (Å²) >= 11 is 0. The molecule has 1 N–H and O–H groups in total. The lowest BCUT2D eigenvalue weighted by molar-refractivity contribution is -0.140. The van der Waals surface area contributed by atoms with Crippen molar-refractivity contribution in [2.45, 2.75) is 38.0 Å². The Balaban J connectivity index is 1.66. The van der Waals surface area contributed by atoms with Crippen LogP contribution in [0, 0.1) is 5.92 Å². The molecule has 2 aliphatic heterocycles. The Bertz CT molecular complexity index is 544. The first kappa shape index (κ1) is 17.5. The van der Waals surface area contributed by atoms with Crippen molar-refractivity contribution in [1.29, 1.82) is 0 Å². The largest absolute Gasteiger partial charge is 0.435 e. The third kappa shape index (κ3) is 4.19. The van der Waals surface area contributed by atoms with E-state index in [9.17, 15) is 18.3 Å². The van der Waals surface area contributed by atoms with E-state index in [2.05, 4.69) is 9.88 Å². The molecule has 1 aromatic rings. The number of pyridine rings is 1. The smallest absolute Gasteiger partial charge is 0.393 e. The van der Waals surface area contributed by atoms with Crippen LogP contribution in [0.1, 0.15) is 31.4 Å². The number of nitrogens with zero attached hydrogens (tertiary/aromatic N) is 3. The van der Waals surface area contributed by atoms with Gasteiger partial charge in [-0.05, 0) is 43.7 Å². The van der Waals surface area contributed by atoms with E-state index < -0.39 is 11.9 Å². The van der Waals surface area contributed by atoms with Crippen molar-refractivity contribution >= 4 is 5.69 Å². The Hall–Kier alpha value is -1.34. The number of hydrogen-bond acceptors (Lipinski definition) is 4. The number of aromatic nitrogens is 1. The van der Waals surface area contributed by atoms with Crippen LogP contribution in [0.3, 0.4) is 0 Å². The highest BCUT2D eigenvalue weighted by atomic mass is 19.4. The number of halogens is 3. The number of likely N-dealkylation sites (tertiary alicyclic amines) is 1. The summed E-state index contributed by atoms with van der Waals surface area (Å²) in [5.41, 5.74) is -0.587. The fourth-order valence-electron chi connectivity index (χ4n) is 3.77. The number of alkyl halides is 3. The predicted octanol–water partition coefficient (Wildman–Crippen LogP) is 2.77. The van der Waals surface area contributed by atoms with Crippen LogP contribution in [0.2, 0.25) is 0 Å². The van der Waals surface area contributed by atoms with Crippen molar-refractivity contribution in [3.8, 4) is 0 Å². The summed E-state index contributed by atoms with van der Waals surface area (Å²) in [5, 5.41) is 9.58. The SMILES string of the molecule is OC1CCN(CC2CCCN(c3cccnc3C(F)(F)F)C2)CC1. The minimum absolute atomic E-state index is 0.198. The van der Waals surface area contributed by atoms with Crippen LogP contribution < -0.4 is 4.90 Å². The number of anilines is 1. The van der Waals surface area contributed by atoms with Crippen molar-refractivity contribution < 1.29 is 18.3 Å². The Kier molecular flexibility index (Phi) is 5.30. The Morgan fingerprint density at radius 2 is 1.92 bits per heavy atom. The van der Waals surface area contributed by atoms with Gasteiger partial charge in [-0.3, -0.25) is 0 Å². The lowest BCUT2D eigenvalue weighted by atomic mass is 9.95. The van der Waals surface area contributed by atoms with Gasteiger partial charge in [0.2, 0.25) is 0 Å². The van der Waals surface area contributed by atoms with E-state index in [4.69, 9.17) is 0 Å². The maximum absolute atomic E-state index is 13.2. The molecule has 2 aliphatic rings. The summed E-state index contributed by atoms with van der Waals surface area (Å²) in [6, 6.07) is 3.09. The van der Waals surface area contributed by atoms with Crippen LogP contribution in [0.15, 0.2) is 18.3 Å². The van der Waals surface area contributed by atoms with Gasteiger partial charge in [0.15, 0.2) is 5.69 Å². The Morgan fingerprint density at radius 3 is 2.62 bits per heavy atom.